The second kappa shape index (κ2) is 5.86. The third-order valence-corrected chi connectivity index (χ3v) is 4.41. The van der Waals surface area contributed by atoms with Gasteiger partial charge in [0.05, 0.1) is 0 Å². The van der Waals surface area contributed by atoms with Gasteiger partial charge in [0.25, 0.3) is 0 Å². The van der Waals surface area contributed by atoms with Crippen molar-refractivity contribution in [2.24, 2.45) is 0 Å². The summed E-state index contributed by atoms with van der Waals surface area (Å²) in [4.78, 5) is 1.67. The van der Waals surface area contributed by atoms with E-state index in [0.717, 1.165) is 35.9 Å². The number of nitrogens with zero attached hydrogens (tertiary/aromatic N) is 3. The van der Waals surface area contributed by atoms with E-state index in [1.165, 1.54) is 0 Å². The number of aliphatic hydroxyl groups is 1. The summed E-state index contributed by atoms with van der Waals surface area (Å²) in [5.41, 5.74) is 2.02. The lowest BCUT2D eigenvalue weighted by atomic mass is 9.82. The van der Waals surface area contributed by atoms with E-state index >= 15 is 0 Å². The Morgan fingerprint density at radius 1 is 1.32 bits per heavy atom. The molecule has 0 radical (unpaired) electrons. The Kier molecular flexibility index (Phi) is 4.06. The predicted octanol–water partition coefficient (Wildman–Crippen LogP) is 3.85. The van der Waals surface area contributed by atoms with Crippen LogP contribution in [0.1, 0.15) is 33.1 Å². The molecule has 5 heteroatoms. The van der Waals surface area contributed by atoms with Gasteiger partial charge in [-0.3, -0.25) is 0 Å². The van der Waals surface area contributed by atoms with Gasteiger partial charge in [-0.05, 0) is 37.6 Å². The fourth-order valence-corrected chi connectivity index (χ4v) is 3.13. The Morgan fingerprint density at radius 3 is 2.86 bits per heavy atom. The second-order valence-corrected chi connectivity index (χ2v) is 6.35. The van der Waals surface area contributed by atoms with Gasteiger partial charge in [0.2, 0.25) is 0 Å². The minimum Gasteiger partial charge on any atom is -0.386 e. The molecule has 0 amide bonds. The van der Waals surface area contributed by atoms with Gasteiger partial charge in [-0.25, -0.2) is 0 Å². The molecule has 0 aliphatic heterocycles. The van der Waals surface area contributed by atoms with Crippen LogP contribution < -0.4 is 0 Å². The lowest BCUT2D eigenvalue weighted by Crippen LogP contribution is -2.45. The zero-order valence-corrected chi connectivity index (χ0v) is 13.6. The van der Waals surface area contributed by atoms with Gasteiger partial charge >= 0.3 is 0 Å². The smallest absolute Gasteiger partial charge is 0.130 e. The summed E-state index contributed by atoms with van der Waals surface area (Å²) in [6.07, 6.45) is 8.04. The van der Waals surface area contributed by atoms with Crippen LogP contribution in [-0.2, 0) is 5.54 Å². The van der Waals surface area contributed by atoms with E-state index in [-0.39, 0.29) is 0 Å². The normalized spacial score (nSPS) is 24.7. The maximum absolute atomic E-state index is 10.6. The molecule has 22 heavy (non-hydrogen) atoms. The van der Waals surface area contributed by atoms with E-state index in [0.29, 0.717) is 5.02 Å². The van der Waals surface area contributed by atoms with Crippen molar-refractivity contribution >= 4 is 22.6 Å². The Balaban J connectivity index is 2.13. The highest BCUT2D eigenvalue weighted by atomic mass is 35.5. The Hall–Kier alpha value is -1.65. The molecule has 3 rings (SSSR count). The highest BCUT2D eigenvalue weighted by Gasteiger charge is 2.40. The number of aliphatic hydroxyl groups excluding tert-OH is 1. The van der Waals surface area contributed by atoms with Gasteiger partial charge in [0.1, 0.15) is 22.7 Å². The second-order valence-electron chi connectivity index (χ2n) is 5.91. The molecule has 0 saturated heterocycles. The number of fused-ring (bicyclic) bond motifs is 1. The molecule has 4 nitrogen and oxygen atoms in total. The summed E-state index contributed by atoms with van der Waals surface area (Å²) < 4.78 is 0. The van der Waals surface area contributed by atoms with Crippen molar-refractivity contribution in [3.63, 3.8) is 0 Å². The molecule has 1 aliphatic rings. The Labute approximate surface area is 135 Å². The van der Waals surface area contributed by atoms with Crippen molar-refractivity contribution in [2.75, 3.05) is 0 Å². The first kappa shape index (κ1) is 15.3. The molecule has 1 aromatic heterocycles. The standard InChI is InChI=1S/C17H20ClN3O/c1-3-4-9-17(11-12(2)5-8-16(17)22)21-19-14-7-6-13(18)10-15(14)20-21/h5-8,10-11,16,22H,3-4,9H2,1-2H3. The third-order valence-electron chi connectivity index (χ3n) is 4.18. The predicted molar refractivity (Wildman–Crippen MR) is 88.9 cm³/mol. The minimum atomic E-state index is -0.639. The lowest BCUT2D eigenvalue weighted by molar-refractivity contribution is 0.0739. The van der Waals surface area contributed by atoms with Gasteiger partial charge in [0, 0.05) is 5.02 Å². The van der Waals surface area contributed by atoms with E-state index in [1.807, 2.05) is 25.1 Å². The highest BCUT2D eigenvalue weighted by Crippen LogP contribution is 2.34. The molecule has 1 aromatic carbocycles. The van der Waals surface area contributed by atoms with E-state index in [2.05, 4.69) is 23.2 Å². The van der Waals surface area contributed by atoms with E-state index in [4.69, 9.17) is 11.6 Å². The number of rotatable bonds is 4. The van der Waals surface area contributed by atoms with Gasteiger partial charge < -0.3 is 5.11 Å². The summed E-state index contributed by atoms with van der Waals surface area (Å²) >= 11 is 6.03. The molecule has 2 unspecified atom stereocenters. The SMILES string of the molecule is CCCCC1(n2nc3ccc(Cl)cc3n2)C=C(C)C=CC1O. The molecule has 1 aliphatic carbocycles. The third kappa shape index (κ3) is 2.57. The number of halogens is 1. The quantitative estimate of drug-likeness (QED) is 0.932. The minimum absolute atomic E-state index is 0.625. The summed E-state index contributed by atoms with van der Waals surface area (Å²) in [6.45, 7) is 4.17. The molecule has 1 N–H and O–H groups in total. The monoisotopic (exact) mass is 317 g/mol. The van der Waals surface area contributed by atoms with Crippen LogP contribution in [0.4, 0.5) is 0 Å². The first-order chi connectivity index (χ1) is 10.5. The largest absolute Gasteiger partial charge is 0.386 e. The number of aromatic nitrogens is 3. The number of benzene rings is 1. The molecule has 1 heterocycles. The topological polar surface area (TPSA) is 50.9 Å². The highest BCUT2D eigenvalue weighted by molar-refractivity contribution is 6.31. The van der Waals surface area contributed by atoms with Crippen LogP contribution in [0.5, 0.6) is 0 Å². The van der Waals surface area contributed by atoms with E-state index in [9.17, 15) is 5.11 Å². The van der Waals surface area contributed by atoms with Gasteiger partial charge in [-0.15, -0.1) is 0 Å². The first-order valence-corrected chi connectivity index (χ1v) is 8.02. The zero-order valence-electron chi connectivity index (χ0n) is 12.8. The molecule has 0 spiro atoms. The first-order valence-electron chi connectivity index (χ1n) is 7.64. The average Bonchev–Trinajstić information content (AvgIpc) is 2.91. The van der Waals surface area contributed by atoms with Gasteiger partial charge in [-0.2, -0.15) is 15.0 Å². The summed E-state index contributed by atoms with van der Waals surface area (Å²) in [5.74, 6) is 0. The fourth-order valence-electron chi connectivity index (χ4n) is 2.97. The molecular weight excluding hydrogens is 298 g/mol. The molecule has 0 fully saturated rings. The van der Waals surface area contributed by atoms with Crippen molar-refractivity contribution in [1.29, 1.82) is 0 Å². The molecule has 0 bridgehead atoms. The Morgan fingerprint density at radius 2 is 2.09 bits per heavy atom. The van der Waals surface area contributed by atoms with Gasteiger partial charge in [-0.1, -0.05) is 49.1 Å². The van der Waals surface area contributed by atoms with E-state index in [1.54, 1.807) is 16.9 Å². The van der Waals surface area contributed by atoms with Crippen LogP contribution in [0, 0.1) is 0 Å². The van der Waals surface area contributed by atoms with Crippen molar-refractivity contribution in [2.45, 2.75) is 44.8 Å². The number of hydrogen-bond acceptors (Lipinski definition) is 3. The number of unbranched alkanes of at least 4 members (excludes halogenated alkanes) is 1. The van der Waals surface area contributed by atoms with Crippen LogP contribution >= 0.6 is 11.6 Å². The summed E-state index contributed by atoms with van der Waals surface area (Å²) in [5, 5.41) is 20.5. The van der Waals surface area contributed by atoms with Crippen molar-refractivity contribution < 1.29 is 5.11 Å². The molecule has 2 atom stereocenters. The lowest BCUT2D eigenvalue weighted by Gasteiger charge is -2.35. The van der Waals surface area contributed by atoms with Crippen LogP contribution in [-0.4, -0.2) is 26.2 Å². The molecule has 2 aromatic rings. The van der Waals surface area contributed by atoms with Crippen LogP contribution in [0.3, 0.4) is 0 Å². The fraction of sp³-hybridized carbons (Fsp3) is 0.412. The van der Waals surface area contributed by atoms with Crippen molar-refractivity contribution in [3.05, 3.63) is 47.0 Å². The number of hydrogen-bond donors (Lipinski definition) is 1. The maximum Gasteiger partial charge on any atom is 0.130 e. The van der Waals surface area contributed by atoms with Crippen molar-refractivity contribution in [1.82, 2.24) is 15.0 Å². The zero-order chi connectivity index (χ0) is 15.7. The molecular formula is C17H20ClN3O. The average molecular weight is 318 g/mol. The molecule has 0 saturated carbocycles. The van der Waals surface area contributed by atoms with E-state index < -0.39 is 11.6 Å². The Bertz CT molecular complexity index is 749. The summed E-state index contributed by atoms with van der Waals surface area (Å²) in [6, 6.07) is 5.46. The van der Waals surface area contributed by atoms with Crippen LogP contribution in [0.15, 0.2) is 42.0 Å². The van der Waals surface area contributed by atoms with Crippen LogP contribution in [0.2, 0.25) is 5.02 Å². The number of allylic oxidation sites excluding steroid dienone is 2. The van der Waals surface area contributed by atoms with Crippen LogP contribution in [0.25, 0.3) is 11.0 Å². The van der Waals surface area contributed by atoms with Gasteiger partial charge in [0.15, 0.2) is 0 Å². The van der Waals surface area contributed by atoms with Crippen molar-refractivity contribution in [3.8, 4) is 0 Å². The summed E-state index contributed by atoms with van der Waals surface area (Å²) in [7, 11) is 0. The maximum atomic E-state index is 10.6. The molecule has 116 valence electrons.